The first-order valence-corrected chi connectivity index (χ1v) is 8.74. The number of benzene rings is 2. The fourth-order valence-electron chi connectivity index (χ4n) is 2.45. The van der Waals surface area contributed by atoms with Crippen molar-refractivity contribution in [2.24, 2.45) is 5.73 Å². The Morgan fingerprint density at radius 3 is 2.24 bits per heavy atom. The normalized spacial score (nSPS) is 10.1. The van der Waals surface area contributed by atoms with Crippen LogP contribution in [0.3, 0.4) is 0 Å². The largest absolute Gasteiger partial charge is 1.00 e. The van der Waals surface area contributed by atoms with Crippen LogP contribution in [0.5, 0.6) is 17.2 Å². The summed E-state index contributed by atoms with van der Waals surface area (Å²) in [6.07, 6.45) is 3.28. The van der Waals surface area contributed by atoms with Gasteiger partial charge in [0.15, 0.2) is 12.4 Å². The van der Waals surface area contributed by atoms with Crippen molar-refractivity contribution in [2.45, 2.75) is 6.73 Å². The van der Waals surface area contributed by atoms with Crippen molar-refractivity contribution in [3.8, 4) is 17.2 Å². The predicted octanol–water partition coefficient (Wildman–Crippen LogP) is -0.495. The third-order valence-corrected chi connectivity index (χ3v) is 3.86. The average molecular weight is 416 g/mol. The Bertz CT molecular complexity index is 921. The number of rotatable bonds is 9. The maximum atomic E-state index is 11.3. The highest BCUT2D eigenvalue weighted by Crippen LogP contribution is 2.23. The number of nitrogen functional groups attached to an aromatic ring is 1. The number of nitrogens with two attached hydrogens (primary N) is 2. The van der Waals surface area contributed by atoms with Gasteiger partial charge in [0.25, 0.3) is 12.6 Å². The van der Waals surface area contributed by atoms with Crippen LogP contribution in [0.1, 0.15) is 10.4 Å². The topological polar surface area (TPSA) is 101 Å². The molecular formula is C21H22ClN3O4. The molecule has 0 spiro atoms. The van der Waals surface area contributed by atoms with Crippen LogP contribution < -0.4 is 37.9 Å². The van der Waals surface area contributed by atoms with Crippen LogP contribution >= 0.6 is 0 Å². The Kier molecular flexibility index (Phi) is 8.27. The van der Waals surface area contributed by atoms with E-state index < -0.39 is 5.91 Å². The van der Waals surface area contributed by atoms with Gasteiger partial charge >= 0.3 is 0 Å². The minimum absolute atomic E-state index is 0. The number of halogens is 1. The third-order valence-electron chi connectivity index (χ3n) is 3.86. The number of nitrogens with zero attached hydrogens (tertiary/aromatic N) is 1. The molecule has 29 heavy (non-hydrogen) atoms. The third kappa shape index (κ3) is 6.67. The number of para-hydroxylation sites is 1. The van der Waals surface area contributed by atoms with Gasteiger partial charge in [0, 0.05) is 6.07 Å². The quantitative estimate of drug-likeness (QED) is 0.362. The number of pyridine rings is 1. The molecule has 1 aromatic heterocycles. The van der Waals surface area contributed by atoms with Gasteiger partial charge in [-0.3, -0.25) is 4.79 Å². The molecule has 0 radical (unpaired) electrons. The molecule has 0 saturated heterocycles. The fraction of sp³-hybridized carbons (Fsp3) is 0.143. The smallest absolute Gasteiger partial charge is 0.256 e. The number of aromatic nitrogens is 1. The van der Waals surface area contributed by atoms with E-state index in [1.54, 1.807) is 23.0 Å². The lowest BCUT2D eigenvalue weighted by Crippen LogP contribution is -3.00. The fourth-order valence-corrected chi connectivity index (χ4v) is 2.45. The van der Waals surface area contributed by atoms with E-state index in [2.05, 4.69) is 0 Å². The molecule has 0 aliphatic rings. The van der Waals surface area contributed by atoms with E-state index in [-0.39, 0.29) is 24.7 Å². The molecule has 3 rings (SSSR count). The van der Waals surface area contributed by atoms with Crippen LogP contribution in [0.4, 0.5) is 5.69 Å². The van der Waals surface area contributed by atoms with Gasteiger partial charge in [-0.05, 0) is 36.4 Å². The van der Waals surface area contributed by atoms with Crippen LogP contribution in [0.15, 0.2) is 73.1 Å². The maximum absolute atomic E-state index is 11.3. The number of amides is 1. The average Bonchev–Trinajstić information content (AvgIpc) is 2.71. The van der Waals surface area contributed by atoms with E-state index in [1.165, 1.54) is 0 Å². The van der Waals surface area contributed by atoms with Crippen molar-refractivity contribution >= 4 is 11.6 Å². The number of anilines is 1. The Balaban J connectivity index is 0.00000300. The number of ether oxygens (including phenoxy) is 3. The summed E-state index contributed by atoms with van der Waals surface area (Å²) in [6, 6.07) is 18.6. The highest BCUT2D eigenvalue weighted by atomic mass is 35.5. The molecule has 0 aliphatic carbocycles. The molecule has 152 valence electrons. The summed E-state index contributed by atoms with van der Waals surface area (Å²) in [4.78, 5) is 11.3. The molecule has 2 aromatic carbocycles. The lowest BCUT2D eigenvalue weighted by Gasteiger charge is -2.08. The lowest BCUT2D eigenvalue weighted by molar-refractivity contribution is -0.732. The van der Waals surface area contributed by atoms with Crippen molar-refractivity contribution in [3.05, 3.63) is 78.6 Å². The summed E-state index contributed by atoms with van der Waals surface area (Å²) in [7, 11) is 0. The van der Waals surface area contributed by atoms with Crippen LogP contribution in [0.25, 0.3) is 0 Å². The number of hydrogen-bond donors (Lipinski definition) is 2. The molecule has 0 atom stereocenters. The van der Waals surface area contributed by atoms with E-state index in [0.717, 1.165) is 17.2 Å². The SMILES string of the molecule is NC(=O)c1c[n+](COCCOc2ccc(Oc3ccccc3)cc2)ccc1N.[Cl-]. The molecule has 8 heteroatoms. The Morgan fingerprint density at radius 1 is 0.897 bits per heavy atom. The molecule has 3 aromatic rings. The molecule has 0 aliphatic heterocycles. The van der Waals surface area contributed by atoms with Crippen LogP contribution in [0, 0.1) is 0 Å². The molecule has 0 bridgehead atoms. The zero-order chi connectivity index (χ0) is 19.8. The van der Waals surface area contributed by atoms with Crippen LogP contribution in [-0.4, -0.2) is 19.1 Å². The van der Waals surface area contributed by atoms with Gasteiger partial charge in [-0.25, -0.2) is 0 Å². The molecule has 4 N–H and O–H groups in total. The number of primary amides is 1. The van der Waals surface area contributed by atoms with Gasteiger partial charge in [-0.15, -0.1) is 0 Å². The number of hydrogen-bond acceptors (Lipinski definition) is 5. The Labute approximate surface area is 175 Å². The van der Waals surface area contributed by atoms with Crippen molar-refractivity contribution in [1.29, 1.82) is 0 Å². The first kappa shape index (κ1) is 22.0. The number of carbonyl (C=O) groups is 1. The van der Waals surface area contributed by atoms with E-state index in [4.69, 9.17) is 25.7 Å². The van der Waals surface area contributed by atoms with Crippen molar-refractivity contribution < 1.29 is 36.0 Å². The molecule has 1 heterocycles. The predicted molar refractivity (Wildman–Crippen MR) is 104 cm³/mol. The van der Waals surface area contributed by atoms with Gasteiger partial charge in [-0.2, -0.15) is 4.57 Å². The molecule has 0 fully saturated rings. The second kappa shape index (κ2) is 10.9. The zero-order valence-corrected chi connectivity index (χ0v) is 16.4. The summed E-state index contributed by atoms with van der Waals surface area (Å²) in [5.41, 5.74) is 11.6. The molecule has 1 amide bonds. The van der Waals surface area contributed by atoms with E-state index >= 15 is 0 Å². The molecule has 0 unspecified atom stereocenters. The van der Waals surface area contributed by atoms with Gasteiger partial charge in [-0.1, -0.05) is 18.2 Å². The van der Waals surface area contributed by atoms with E-state index in [9.17, 15) is 4.79 Å². The second-order valence-corrected chi connectivity index (χ2v) is 5.96. The van der Waals surface area contributed by atoms with Gasteiger partial charge in [0.1, 0.15) is 29.4 Å². The van der Waals surface area contributed by atoms with Gasteiger partial charge < -0.3 is 38.1 Å². The van der Waals surface area contributed by atoms with Crippen molar-refractivity contribution in [2.75, 3.05) is 18.9 Å². The summed E-state index contributed by atoms with van der Waals surface area (Å²) in [5, 5.41) is 0. The number of carbonyl (C=O) groups excluding carboxylic acids is 1. The summed E-state index contributed by atoms with van der Waals surface area (Å²) >= 11 is 0. The van der Waals surface area contributed by atoms with Crippen LogP contribution in [0.2, 0.25) is 0 Å². The minimum Gasteiger partial charge on any atom is -1.00 e. The minimum atomic E-state index is -0.574. The highest BCUT2D eigenvalue weighted by molar-refractivity contribution is 5.97. The van der Waals surface area contributed by atoms with E-state index in [0.29, 0.717) is 18.9 Å². The second-order valence-electron chi connectivity index (χ2n) is 5.96. The van der Waals surface area contributed by atoms with Gasteiger partial charge in [0.05, 0.1) is 12.3 Å². The standard InChI is InChI=1S/C21H21N3O4.ClH/c22-20-10-11-24(14-19(20)21(23)25)15-26-12-13-27-16-6-8-18(9-7-16)28-17-4-2-1-3-5-17;/h1-11,14,22H,12-13,15H2,(H2,23,25);1H. The summed E-state index contributed by atoms with van der Waals surface area (Å²) in [6.45, 7) is 1.02. The highest BCUT2D eigenvalue weighted by Gasteiger charge is 2.12. The maximum Gasteiger partial charge on any atom is 0.256 e. The van der Waals surface area contributed by atoms with E-state index in [1.807, 2.05) is 54.6 Å². The lowest BCUT2D eigenvalue weighted by atomic mass is 10.2. The van der Waals surface area contributed by atoms with Crippen LogP contribution in [-0.2, 0) is 11.5 Å². The van der Waals surface area contributed by atoms with Crippen molar-refractivity contribution in [3.63, 3.8) is 0 Å². The first-order chi connectivity index (χ1) is 13.6. The zero-order valence-electron chi connectivity index (χ0n) is 15.7. The molecular weight excluding hydrogens is 394 g/mol. The monoisotopic (exact) mass is 415 g/mol. The molecule has 7 nitrogen and oxygen atoms in total. The summed E-state index contributed by atoms with van der Waals surface area (Å²) in [5.74, 6) is 1.67. The summed E-state index contributed by atoms with van der Waals surface area (Å²) < 4.78 is 18.6. The Hall–Kier alpha value is -3.29. The van der Waals surface area contributed by atoms with Gasteiger partial charge in [0.2, 0.25) is 0 Å². The first-order valence-electron chi connectivity index (χ1n) is 8.74. The molecule has 0 saturated carbocycles. The Morgan fingerprint density at radius 2 is 1.55 bits per heavy atom. The van der Waals surface area contributed by atoms with Crippen molar-refractivity contribution in [1.82, 2.24) is 0 Å².